The van der Waals surface area contributed by atoms with Crippen LogP contribution in [-0.2, 0) is 0 Å². The number of nitrogens with one attached hydrogen (secondary N) is 1. The van der Waals surface area contributed by atoms with E-state index in [0.29, 0.717) is 10.5 Å². The van der Waals surface area contributed by atoms with Crippen LogP contribution in [0.5, 0.6) is 0 Å². The van der Waals surface area contributed by atoms with Gasteiger partial charge in [-0.3, -0.25) is 4.79 Å². The van der Waals surface area contributed by atoms with E-state index in [1.165, 1.54) is 11.3 Å². The molecule has 22 heavy (non-hydrogen) atoms. The number of benzene rings is 1. The zero-order chi connectivity index (χ0) is 15.3. The molecule has 0 fully saturated rings. The molecule has 0 aliphatic rings. The van der Waals surface area contributed by atoms with Crippen molar-refractivity contribution in [2.45, 2.75) is 13.8 Å². The summed E-state index contributed by atoms with van der Waals surface area (Å²) in [5.41, 5.74) is 3.75. The molecule has 108 valence electrons. The first kappa shape index (κ1) is 13.2. The molecule has 0 saturated heterocycles. The number of fused-ring (bicyclic) bond motifs is 3. The van der Waals surface area contributed by atoms with Gasteiger partial charge in [-0.05, 0) is 25.5 Å². The maximum Gasteiger partial charge on any atom is 0.268 e. The number of H-pyrrole nitrogens is 1. The van der Waals surface area contributed by atoms with Crippen molar-refractivity contribution in [3.8, 4) is 11.3 Å². The third-order valence-corrected chi connectivity index (χ3v) is 4.76. The lowest BCUT2D eigenvalue weighted by atomic mass is 10.1. The minimum absolute atomic E-state index is 0.0915. The molecular formula is C17H13N3OS. The first-order chi connectivity index (χ1) is 10.6. The van der Waals surface area contributed by atoms with Gasteiger partial charge in [0.25, 0.3) is 5.56 Å². The predicted octanol–water partition coefficient (Wildman–Crippen LogP) is 3.82. The molecule has 0 spiro atoms. The van der Waals surface area contributed by atoms with Crippen LogP contribution in [0.3, 0.4) is 0 Å². The highest BCUT2D eigenvalue weighted by molar-refractivity contribution is 7.25. The number of aromatic nitrogens is 3. The summed E-state index contributed by atoms with van der Waals surface area (Å²) in [6.45, 7) is 3.84. The van der Waals surface area contributed by atoms with Crippen LogP contribution in [0.1, 0.15) is 11.4 Å². The number of rotatable bonds is 1. The first-order valence-electron chi connectivity index (χ1n) is 6.99. The Hall–Kier alpha value is -2.53. The van der Waals surface area contributed by atoms with Crippen LogP contribution in [0, 0.1) is 13.8 Å². The zero-order valence-corrected chi connectivity index (χ0v) is 13.0. The Bertz CT molecular complexity index is 1060. The van der Waals surface area contributed by atoms with Gasteiger partial charge in [0.05, 0.1) is 11.2 Å². The predicted molar refractivity (Wildman–Crippen MR) is 90.5 cm³/mol. The normalized spacial score (nSPS) is 11.4. The summed E-state index contributed by atoms with van der Waals surface area (Å²) in [5.74, 6) is 0.628. The van der Waals surface area contributed by atoms with Gasteiger partial charge in [-0.1, -0.05) is 30.3 Å². The Morgan fingerprint density at radius 3 is 2.64 bits per heavy atom. The number of hydrogen-bond donors (Lipinski definition) is 1. The van der Waals surface area contributed by atoms with Crippen molar-refractivity contribution in [1.82, 2.24) is 15.0 Å². The highest BCUT2D eigenvalue weighted by Crippen LogP contribution is 2.33. The van der Waals surface area contributed by atoms with E-state index in [9.17, 15) is 4.79 Å². The van der Waals surface area contributed by atoms with E-state index >= 15 is 0 Å². The maximum atomic E-state index is 12.1. The van der Waals surface area contributed by atoms with Crippen LogP contribution >= 0.6 is 11.3 Å². The van der Waals surface area contributed by atoms with Crippen molar-refractivity contribution in [3.05, 3.63) is 58.1 Å². The molecule has 0 saturated carbocycles. The van der Waals surface area contributed by atoms with Crippen molar-refractivity contribution in [3.63, 3.8) is 0 Å². The summed E-state index contributed by atoms with van der Waals surface area (Å²) in [7, 11) is 0. The molecule has 0 bridgehead atoms. The lowest BCUT2D eigenvalue weighted by Gasteiger charge is -2.03. The lowest BCUT2D eigenvalue weighted by molar-refractivity contribution is 1.07. The van der Waals surface area contributed by atoms with Gasteiger partial charge in [-0.25, -0.2) is 9.97 Å². The Kier molecular flexibility index (Phi) is 2.84. The van der Waals surface area contributed by atoms with Crippen molar-refractivity contribution >= 4 is 31.8 Å². The van der Waals surface area contributed by atoms with Crippen LogP contribution in [0.2, 0.25) is 0 Å². The van der Waals surface area contributed by atoms with E-state index in [-0.39, 0.29) is 5.56 Å². The maximum absolute atomic E-state index is 12.1. The molecule has 0 amide bonds. The average molecular weight is 307 g/mol. The second kappa shape index (κ2) is 4.74. The van der Waals surface area contributed by atoms with Crippen LogP contribution in [0.4, 0.5) is 0 Å². The average Bonchev–Trinajstić information content (AvgIpc) is 2.87. The number of aryl methyl sites for hydroxylation is 2. The van der Waals surface area contributed by atoms with E-state index in [2.05, 4.69) is 16.0 Å². The largest absolute Gasteiger partial charge is 0.310 e. The molecule has 0 aliphatic heterocycles. The summed E-state index contributed by atoms with van der Waals surface area (Å²) in [6.07, 6.45) is 0. The molecule has 4 aromatic rings. The smallest absolute Gasteiger partial charge is 0.268 e. The van der Waals surface area contributed by atoms with Gasteiger partial charge in [0, 0.05) is 10.9 Å². The van der Waals surface area contributed by atoms with Gasteiger partial charge in [-0.15, -0.1) is 11.3 Å². The van der Waals surface area contributed by atoms with Crippen LogP contribution in [0.25, 0.3) is 31.7 Å². The molecule has 3 heterocycles. The Labute approximate surface area is 130 Å². The fourth-order valence-corrected chi connectivity index (χ4v) is 3.78. The van der Waals surface area contributed by atoms with Gasteiger partial charge in [0.2, 0.25) is 0 Å². The molecule has 4 nitrogen and oxygen atoms in total. The SMILES string of the molecule is Cc1nc2c(sc3nc(-c4ccccc4)cc(C)c32)c(=O)[nH]1. The van der Waals surface area contributed by atoms with Crippen LogP contribution in [-0.4, -0.2) is 15.0 Å². The minimum atomic E-state index is -0.0915. The number of aromatic amines is 1. The topological polar surface area (TPSA) is 58.6 Å². The Morgan fingerprint density at radius 2 is 1.86 bits per heavy atom. The molecule has 4 rings (SSSR count). The molecule has 0 radical (unpaired) electrons. The quantitative estimate of drug-likeness (QED) is 0.581. The van der Waals surface area contributed by atoms with E-state index in [1.54, 1.807) is 6.92 Å². The molecule has 3 aromatic heterocycles. The fraction of sp³-hybridized carbons (Fsp3) is 0.118. The number of pyridine rings is 1. The molecule has 1 aromatic carbocycles. The van der Waals surface area contributed by atoms with E-state index in [4.69, 9.17) is 4.98 Å². The highest BCUT2D eigenvalue weighted by atomic mass is 32.1. The third-order valence-electron chi connectivity index (χ3n) is 3.68. The van der Waals surface area contributed by atoms with E-state index in [0.717, 1.165) is 32.6 Å². The highest BCUT2D eigenvalue weighted by Gasteiger charge is 2.15. The third kappa shape index (κ3) is 1.94. The summed E-state index contributed by atoms with van der Waals surface area (Å²) in [6, 6.07) is 12.1. The van der Waals surface area contributed by atoms with Crippen molar-refractivity contribution in [2.75, 3.05) is 0 Å². The molecular weight excluding hydrogens is 294 g/mol. The summed E-state index contributed by atoms with van der Waals surface area (Å²) in [4.78, 5) is 25.0. The van der Waals surface area contributed by atoms with Crippen molar-refractivity contribution in [1.29, 1.82) is 0 Å². The van der Waals surface area contributed by atoms with Crippen LogP contribution in [0.15, 0.2) is 41.2 Å². The van der Waals surface area contributed by atoms with Gasteiger partial charge in [0.1, 0.15) is 15.4 Å². The lowest BCUT2D eigenvalue weighted by Crippen LogP contribution is -2.07. The van der Waals surface area contributed by atoms with Crippen molar-refractivity contribution in [2.24, 2.45) is 0 Å². The second-order valence-corrected chi connectivity index (χ2v) is 6.30. The molecule has 1 N–H and O–H groups in total. The summed E-state index contributed by atoms with van der Waals surface area (Å²) >= 11 is 1.40. The number of nitrogens with zero attached hydrogens (tertiary/aromatic N) is 2. The van der Waals surface area contributed by atoms with Gasteiger partial charge in [-0.2, -0.15) is 0 Å². The van der Waals surface area contributed by atoms with E-state index in [1.807, 2.05) is 37.3 Å². The van der Waals surface area contributed by atoms with Gasteiger partial charge < -0.3 is 4.98 Å². The summed E-state index contributed by atoms with van der Waals surface area (Å²) < 4.78 is 0.640. The number of thiophene rings is 1. The number of hydrogen-bond acceptors (Lipinski definition) is 4. The summed E-state index contributed by atoms with van der Waals surface area (Å²) in [5, 5.41) is 0.980. The Balaban J connectivity index is 2.10. The Morgan fingerprint density at radius 1 is 1.09 bits per heavy atom. The molecule has 0 atom stereocenters. The minimum Gasteiger partial charge on any atom is -0.310 e. The van der Waals surface area contributed by atoms with Crippen LogP contribution < -0.4 is 5.56 Å². The standard InChI is InChI=1S/C17H13N3OS/c1-9-8-12(11-6-4-3-5-7-11)20-17-13(9)14-15(22-17)16(21)19-10(2)18-14/h3-8H,1-2H3,(H,18,19,21). The fourth-order valence-electron chi connectivity index (χ4n) is 2.70. The monoisotopic (exact) mass is 307 g/mol. The zero-order valence-electron chi connectivity index (χ0n) is 12.2. The van der Waals surface area contributed by atoms with Gasteiger partial charge in [0.15, 0.2) is 0 Å². The van der Waals surface area contributed by atoms with E-state index < -0.39 is 0 Å². The molecule has 5 heteroatoms. The first-order valence-corrected chi connectivity index (χ1v) is 7.81. The van der Waals surface area contributed by atoms with Gasteiger partial charge >= 0.3 is 0 Å². The van der Waals surface area contributed by atoms with Crippen molar-refractivity contribution < 1.29 is 0 Å². The molecule has 0 unspecified atom stereocenters. The second-order valence-electron chi connectivity index (χ2n) is 5.30. The molecule has 0 aliphatic carbocycles.